The van der Waals surface area contributed by atoms with Crippen LogP contribution in [0.3, 0.4) is 0 Å². The van der Waals surface area contributed by atoms with Crippen molar-refractivity contribution in [1.82, 2.24) is 0 Å². The van der Waals surface area contributed by atoms with Crippen LogP contribution < -0.4 is 4.57 Å². The molecule has 1 aromatic heterocycles. The zero-order chi connectivity index (χ0) is 16.7. The maximum absolute atomic E-state index is 2.47. The van der Waals surface area contributed by atoms with Crippen molar-refractivity contribution in [1.29, 1.82) is 0 Å². The van der Waals surface area contributed by atoms with Gasteiger partial charge < -0.3 is 0 Å². The number of aromatic nitrogens is 1. The van der Waals surface area contributed by atoms with Gasteiger partial charge in [-0.15, -0.1) is 0 Å². The Bertz CT molecular complexity index is 727. The first-order chi connectivity index (χ1) is 10.9. The predicted molar refractivity (Wildman–Crippen MR) is 97.9 cm³/mol. The monoisotopic (exact) mass is 308 g/mol. The predicted octanol–water partition coefficient (Wildman–Crippen LogP) is 5.61. The van der Waals surface area contributed by atoms with Crippen LogP contribution in [0.2, 0.25) is 0 Å². The summed E-state index contributed by atoms with van der Waals surface area (Å²) < 4.78 is 2.29. The number of hydrogen-bond donors (Lipinski definition) is 0. The lowest BCUT2D eigenvalue weighted by atomic mass is 9.76. The van der Waals surface area contributed by atoms with Crippen molar-refractivity contribution < 1.29 is 4.57 Å². The van der Waals surface area contributed by atoms with E-state index < -0.39 is 0 Å². The van der Waals surface area contributed by atoms with Gasteiger partial charge in [-0.25, -0.2) is 4.57 Å². The number of benzene rings is 1. The van der Waals surface area contributed by atoms with Crippen molar-refractivity contribution in [3.8, 4) is 11.3 Å². The number of nitrogens with zero attached hydrogens (tertiary/aromatic N) is 1. The van der Waals surface area contributed by atoms with E-state index in [1.54, 1.807) is 11.1 Å². The minimum atomic E-state index is 0.570. The third-order valence-electron chi connectivity index (χ3n) is 5.62. The maximum Gasteiger partial charge on any atom is 0.212 e. The fourth-order valence-corrected chi connectivity index (χ4v) is 3.94. The lowest BCUT2D eigenvalue weighted by Gasteiger charge is -2.28. The highest BCUT2D eigenvalue weighted by molar-refractivity contribution is 5.64. The Hall–Kier alpha value is -1.63. The maximum atomic E-state index is 2.47. The first-order valence-electron chi connectivity index (χ1n) is 9.03. The highest BCUT2D eigenvalue weighted by Crippen LogP contribution is 2.41. The van der Waals surface area contributed by atoms with E-state index in [0.717, 1.165) is 0 Å². The van der Waals surface area contributed by atoms with Crippen molar-refractivity contribution in [2.75, 3.05) is 0 Å². The van der Waals surface area contributed by atoms with Crippen LogP contribution in [-0.4, -0.2) is 0 Å². The van der Waals surface area contributed by atoms with Gasteiger partial charge in [-0.3, -0.25) is 0 Å². The van der Waals surface area contributed by atoms with Crippen LogP contribution in [0.5, 0.6) is 0 Å². The highest BCUT2D eigenvalue weighted by Gasteiger charge is 2.25. The van der Waals surface area contributed by atoms with Crippen molar-refractivity contribution in [2.45, 2.75) is 65.2 Å². The molecule has 2 unspecified atom stereocenters. The Morgan fingerprint density at radius 3 is 2.17 bits per heavy atom. The SMILES string of the molecule is Cc1cc2c(cc1-c1ccc(C(C)C)c[n+]1C)C(C)CCC2C. The number of aryl methyl sites for hydroxylation is 2. The van der Waals surface area contributed by atoms with Gasteiger partial charge in [0.25, 0.3) is 0 Å². The third kappa shape index (κ3) is 2.94. The highest BCUT2D eigenvalue weighted by atomic mass is 14.9. The van der Waals surface area contributed by atoms with E-state index in [1.165, 1.54) is 35.2 Å². The van der Waals surface area contributed by atoms with Crippen molar-refractivity contribution in [3.05, 3.63) is 52.7 Å². The van der Waals surface area contributed by atoms with Crippen LogP contribution >= 0.6 is 0 Å². The van der Waals surface area contributed by atoms with Gasteiger partial charge in [-0.2, -0.15) is 0 Å². The average molecular weight is 308 g/mol. The smallest absolute Gasteiger partial charge is 0.201 e. The van der Waals surface area contributed by atoms with Gasteiger partial charge in [0, 0.05) is 17.2 Å². The Morgan fingerprint density at radius 1 is 1.00 bits per heavy atom. The molecule has 0 aliphatic heterocycles. The topological polar surface area (TPSA) is 3.88 Å². The zero-order valence-electron chi connectivity index (χ0n) is 15.5. The summed E-state index contributed by atoms with van der Waals surface area (Å²) >= 11 is 0. The molecule has 0 amide bonds. The summed E-state index contributed by atoms with van der Waals surface area (Å²) in [6, 6.07) is 9.49. The van der Waals surface area contributed by atoms with Crippen LogP contribution in [-0.2, 0) is 7.05 Å². The fraction of sp³-hybridized carbons (Fsp3) is 0.500. The molecule has 1 aliphatic rings. The number of rotatable bonds is 2. The van der Waals surface area contributed by atoms with E-state index in [1.807, 2.05) is 0 Å². The first kappa shape index (κ1) is 16.2. The molecule has 1 heterocycles. The number of hydrogen-bond acceptors (Lipinski definition) is 0. The van der Waals surface area contributed by atoms with Crippen molar-refractivity contribution >= 4 is 0 Å². The Labute approximate surface area is 141 Å². The molecule has 0 bridgehead atoms. The van der Waals surface area contributed by atoms with E-state index in [-0.39, 0.29) is 0 Å². The Morgan fingerprint density at radius 2 is 1.61 bits per heavy atom. The standard InChI is InChI=1S/C22H30N/c1-14(2)18-9-10-22(23(6)13-18)21-12-20-16(4)8-7-15(3)19(20)11-17(21)5/h9-16H,7-8H2,1-6H3/q+1. The summed E-state index contributed by atoms with van der Waals surface area (Å²) in [5.41, 5.74) is 8.65. The van der Waals surface area contributed by atoms with Crippen molar-refractivity contribution in [2.24, 2.45) is 7.05 Å². The summed E-state index contributed by atoms with van der Waals surface area (Å²) in [5.74, 6) is 1.95. The normalized spacial score (nSPS) is 20.7. The van der Waals surface area contributed by atoms with Gasteiger partial charge in [0.15, 0.2) is 6.20 Å². The van der Waals surface area contributed by atoms with Crippen LogP contribution in [0, 0.1) is 6.92 Å². The summed E-state index contributed by atoms with van der Waals surface area (Å²) in [5, 5.41) is 0. The molecule has 0 fully saturated rings. The number of pyridine rings is 1. The molecule has 0 N–H and O–H groups in total. The van der Waals surface area contributed by atoms with Crippen LogP contribution in [0.4, 0.5) is 0 Å². The minimum Gasteiger partial charge on any atom is -0.201 e. The second kappa shape index (κ2) is 6.11. The van der Waals surface area contributed by atoms with E-state index >= 15 is 0 Å². The summed E-state index contributed by atoms with van der Waals surface area (Å²) in [4.78, 5) is 0. The molecule has 2 aromatic rings. The van der Waals surface area contributed by atoms with Crippen LogP contribution in [0.1, 0.15) is 80.5 Å². The third-order valence-corrected chi connectivity index (χ3v) is 5.62. The quantitative estimate of drug-likeness (QED) is 0.635. The van der Waals surface area contributed by atoms with E-state index in [0.29, 0.717) is 17.8 Å². The second-order valence-electron chi connectivity index (χ2n) is 7.79. The fourth-order valence-electron chi connectivity index (χ4n) is 3.94. The molecule has 2 atom stereocenters. The van der Waals surface area contributed by atoms with Crippen molar-refractivity contribution in [3.63, 3.8) is 0 Å². The Kier molecular flexibility index (Phi) is 4.31. The van der Waals surface area contributed by atoms with E-state index in [2.05, 4.69) is 76.7 Å². The molecule has 23 heavy (non-hydrogen) atoms. The lowest BCUT2D eigenvalue weighted by molar-refractivity contribution is -0.660. The molecule has 1 heteroatoms. The second-order valence-corrected chi connectivity index (χ2v) is 7.79. The van der Waals surface area contributed by atoms with Gasteiger partial charge in [0.2, 0.25) is 5.69 Å². The van der Waals surface area contributed by atoms with E-state index in [9.17, 15) is 0 Å². The molecule has 1 nitrogen and oxygen atoms in total. The molecule has 3 rings (SSSR count). The molecule has 122 valence electrons. The van der Waals surface area contributed by atoms with Gasteiger partial charge in [-0.1, -0.05) is 33.8 Å². The van der Waals surface area contributed by atoms with Gasteiger partial charge >= 0.3 is 0 Å². The Balaban J connectivity index is 2.12. The van der Waals surface area contributed by atoms with Gasteiger partial charge in [0.1, 0.15) is 7.05 Å². The molecule has 0 radical (unpaired) electrons. The zero-order valence-corrected chi connectivity index (χ0v) is 15.5. The minimum absolute atomic E-state index is 0.570. The summed E-state index contributed by atoms with van der Waals surface area (Å²) in [6.45, 7) is 11.5. The number of fused-ring (bicyclic) bond motifs is 1. The molecular weight excluding hydrogens is 278 g/mol. The first-order valence-corrected chi connectivity index (χ1v) is 9.03. The average Bonchev–Trinajstić information content (AvgIpc) is 2.51. The van der Waals surface area contributed by atoms with Crippen LogP contribution in [0.15, 0.2) is 30.5 Å². The lowest BCUT2D eigenvalue weighted by Crippen LogP contribution is -2.31. The molecular formula is C22H30N+. The van der Waals surface area contributed by atoms with Crippen LogP contribution in [0.25, 0.3) is 11.3 Å². The summed E-state index contributed by atoms with van der Waals surface area (Å²) in [6.07, 6.45) is 4.92. The molecule has 0 saturated carbocycles. The molecule has 0 spiro atoms. The largest absolute Gasteiger partial charge is 0.212 e. The molecule has 1 aromatic carbocycles. The van der Waals surface area contributed by atoms with Gasteiger partial charge in [-0.05, 0) is 66.3 Å². The molecule has 0 saturated heterocycles. The summed E-state index contributed by atoms with van der Waals surface area (Å²) in [7, 11) is 2.17. The van der Waals surface area contributed by atoms with E-state index in [4.69, 9.17) is 0 Å². The van der Waals surface area contributed by atoms with Gasteiger partial charge in [0.05, 0.1) is 0 Å². The molecule has 1 aliphatic carbocycles.